The Morgan fingerprint density at radius 2 is 2.03 bits per heavy atom. The molecule has 0 aliphatic carbocycles. The van der Waals surface area contributed by atoms with Gasteiger partial charge in [-0.2, -0.15) is 0 Å². The van der Waals surface area contributed by atoms with Crippen LogP contribution in [-0.4, -0.2) is 57.6 Å². The average Bonchev–Trinajstić information content (AvgIpc) is 3.20. The van der Waals surface area contributed by atoms with Crippen molar-refractivity contribution in [1.29, 1.82) is 0 Å². The van der Waals surface area contributed by atoms with Crippen LogP contribution in [0, 0.1) is 0 Å². The molecule has 10 heteroatoms. The molecule has 0 bridgehead atoms. The van der Waals surface area contributed by atoms with Gasteiger partial charge in [0.1, 0.15) is 5.82 Å². The molecule has 2 N–H and O–H groups in total. The fraction of sp³-hybridized carbons (Fsp3) is 0.391. The predicted octanol–water partition coefficient (Wildman–Crippen LogP) is 2.45. The van der Waals surface area contributed by atoms with Gasteiger partial charge in [-0.1, -0.05) is 11.6 Å². The van der Waals surface area contributed by atoms with Crippen LogP contribution >= 0.6 is 11.6 Å². The summed E-state index contributed by atoms with van der Waals surface area (Å²) in [5.41, 5.74) is 2.74. The normalized spacial score (nSPS) is 20.4. The van der Waals surface area contributed by atoms with Crippen molar-refractivity contribution in [2.75, 3.05) is 36.9 Å². The van der Waals surface area contributed by atoms with Crippen molar-refractivity contribution in [1.82, 2.24) is 19.4 Å². The molecule has 1 atom stereocenters. The molecule has 3 aliphatic heterocycles. The minimum Gasteiger partial charge on any atom is -0.480 e. The molecule has 1 saturated heterocycles. The van der Waals surface area contributed by atoms with E-state index < -0.39 is 0 Å². The Labute approximate surface area is 194 Å². The van der Waals surface area contributed by atoms with Gasteiger partial charge in [0.2, 0.25) is 0 Å². The van der Waals surface area contributed by atoms with Crippen LogP contribution in [0.5, 0.6) is 5.75 Å². The Morgan fingerprint density at radius 3 is 2.88 bits per heavy atom. The van der Waals surface area contributed by atoms with E-state index in [9.17, 15) is 9.59 Å². The Morgan fingerprint density at radius 1 is 1.18 bits per heavy atom. The fourth-order valence-electron chi connectivity index (χ4n) is 5.12. The van der Waals surface area contributed by atoms with Gasteiger partial charge in [-0.3, -0.25) is 14.6 Å². The molecule has 33 heavy (non-hydrogen) atoms. The average molecular weight is 467 g/mol. The first-order chi connectivity index (χ1) is 16.0. The van der Waals surface area contributed by atoms with E-state index in [1.165, 1.54) is 0 Å². The molecule has 3 aromatic heterocycles. The van der Waals surface area contributed by atoms with Crippen LogP contribution in [0.15, 0.2) is 35.3 Å². The van der Waals surface area contributed by atoms with E-state index in [1.807, 2.05) is 16.7 Å². The van der Waals surface area contributed by atoms with Gasteiger partial charge < -0.3 is 24.8 Å². The zero-order valence-corrected chi connectivity index (χ0v) is 18.6. The molecule has 0 saturated carbocycles. The van der Waals surface area contributed by atoms with Crippen molar-refractivity contribution in [3.8, 4) is 5.75 Å². The van der Waals surface area contributed by atoms with Gasteiger partial charge >= 0.3 is 0 Å². The van der Waals surface area contributed by atoms with E-state index in [0.29, 0.717) is 29.2 Å². The van der Waals surface area contributed by atoms with E-state index in [2.05, 4.69) is 25.5 Å². The fourth-order valence-corrected chi connectivity index (χ4v) is 5.41. The number of halogens is 1. The minimum absolute atomic E-state index is 0.00244. The van der Waals surface area contributed by atoms with Crippen LogP contribution in [0.4, 0.5) is 11.6 Å². The van der Waals surface area contributed by atoms with Crippen molar-refractivity contribution in [2.45, 2.75) is 31.3 Å². The van der Waals surface area contributed by atoms with E-state index in [0.717, 1.165) is 54.9 Å². The molecular formula is C23H23ClN6O3. The number of hydrogen-bond donors (Lipinski definition) is 2. The quantitative estimate of drug-likeness (QED) is 0.609. The molecule has 1 fully saturated rings. The van der Waals surface area contributed by atoms with E-state index in [-0.39, 0.29) is 24.0 Å². The number of amides is 1. The molecule has 0 spiro atoms. The largest absolute Gasteiger partial charge is 0.480 e. The minimum atomic E-state index is -0.191. The van der Waals surface area contributed by atoms with Crippen molar-refractivity contribution in [3.63, 3.8) is 0 Å². The number of aromatic nitrogens is 3. The third-order valence-corrected chi connectivity index (χ3v) is 7.00. The number of nitrogens with one attached hydrogen (secondary N) is 2. The number of piperidine rings is 1. The predicted molar refractivity (Wildman–Crippen MR) is 125 cm³/mol. The Balaban J connectivity index is 1.11. The summed E-state index contributed by atoms with van der Waals surface area (Å²) in [6, 6.07) is 7.37. The lowest BCUT2D eigenvalue weighted by molar-refractivity contribution is -0.118. The van der Waals surface area contributed by atoms with Gasteiger partial charge in [-0.15, -0.1) is 0 Å². The van der Waals surface area contributed by atoms with Crippen LogP contribution < -0.4 is 20.9 Å². The monoisotopic (exact) mass is 466 g/mol. The summed E-state index contributed by atoms with van der Waals surface area (Å²) < 4.78 is 7.19. The van der Waals surface area contributed by atoms with E-state index >= 15 is 0 Å². The first kappa shape index (κ1) is 20.4. The number of fused-ring (bicyclic) bond motifs is 1. The summed E-state index contributed by atoms with van der Waals surface area (Å²) in [7, 11) is 0. The highest BCUT2D eigenvalue weighted by atomic mass is 35.5. The Bertz CT molecular complexity index is 1320. The second-order valence-corrected chi connectivity index (χ2v) is 9.24. The van der Waals surface area contributed by atoms with Crippen LogP contribution in [-0.2, 0) is 11.3 Å². The second-order valence-electron chi connectivity index (χ2n) is 8.83. The van der Waals surface area contributed by atoms with Gasteiger partial charge in [-0.05, 0) is 31.0 Å². The maximum Gasteiger partial charge on any atom is 0.263 e. The second kappa shape index (κ2) is 8.00. The number of ether oxygens (including phenoxy) is 1. The first-order valence-electron chi connectivity index (χ1n) is 11.2. The maximum atomic E-state index is 12.4. The lowest BCUT2D eigenvalue weighted by Crippen LogP contribution is -2.41. The van der Waals surface area contributed by atoms with E-state index in [1.54, 1.807) is 18.3 Å². The van der Waals surface area contributed by atoms with Crippen LogP contribution in [0.25, 0.3) is 11.0 Å². The van der Waals surface area contributed by atoms with Gasteiger partial charge in [0, 0.05) is 56.0 Å². The Hall–Kier alpha value is -3.17. The molecular weight excluding hydrogens is 444 g/mol. The number of nitrogens with zero attached hydrogens (tertiary/aromatic N) is 4. The highest BCUT2D eigenvalue weighted by Crippen LogP contribution is 2.37. The number of carbonyl (C=O) groups excluding carboxylic acids is 1. The molecule has 9 nitrogen and oxygen atoms in total. The molecule has 6 heterocycles. The van der Waals surface area contributed by atoms with Gasteiger partial charge in [0.15, 0.2) is 18.2 Å². The highest BCUT2D eigenvalue weighted by molar-refractivity contribution is 6.32. The number of likely N-dealkylation sites (tertiary alicyclic amines) is 1. The zero-order valence-electron chi connectivity index (χ0n) is 17.9. The molecule has 3 aromatic rings. The molecule has 0 radical (unpaired) electrons. The summed E-state index contributed by atoms with van der Waals surface area (Å²) in [5.74, 6) is 1.77. The third-order valence-electron chi connectivity index (χ3n) is 6.70. The number of hydrogen-bond acceptors (Lipinski definition) is 7. The summed E-state index contributed by atoms with van der Waals surface area (Å²) in [6.07, 6.45) is 3.64. The van der Waals surface area contributed by atoms with Crippen molar-refractivity contribution < 1.29 is 9.53 Å². The summed E-state index contributed by atoms with van der Waals surface area (Å²) >= 11 is 6.53. The summed E-state index contributed by atoms with van der Waals surface area (Å²) in [6.45, 7) is 3.40. The van der Waals surface area contributed by atoms with E-state index in [4.69, 9.17) is 16.3 Å². The first-order valence-corrected chi connectivity index (χ1v) is 11.5. The smallest absolute Gasteiger partial charge is 0.263 e. The topological polar surface area (TPSA) is 101 Å². The van der Waals surface area contributed by atoms with Gasteiger partial charge in [0.05, 0.1) is 16.1 Å². The van der Waals surface area contributed by atoms with Crippen molar-refractivity contribution in [3.05, 3.63) is 51.4 Å². The van der Waals surface area contributed by atoms with Crippen molar-refractivity contribution >= 4 is 40.2 Å². The van der Waals surface area contributed by atoms with Crippen LogP contribution in [0.1, 0.15) is 24.3 Å². The maximum absolute atomic E-state index is 12.4. The molecule has 170 valence electrons. The number of rotatable bonds is 4. The van der Waals surface area contributed by atoms with Gasteiger partial charge in [0.25, 0.3) is 11.5 Å². The Kier molecular flexibility index (Phi) is 4.95. The van der Waals surface area contributed by atoms with Crippen molar-refractivity contribution in [2.24, 2.45) is 0 Å². The standard InChI is InChI=1S/C23H23ClN6O3/c24-15-9-25-16-1-4-20(32)30-11-13(21(15)22(16)30)10-29-7-5-14(6-8-29)26-18-3-2-17-23(27-18)28-19(31)12-33-17/h1-4,9,13-14H,5-8,10-12H2,(H2,26,27,28,31). The third kappa shape index (κ3) is 3.71. The van der Waals surface area contributed by atoms with Crippen LogP contribution in [0.3, 0.4) is 0 Å². The summed E-state index contributed by atoms with van der Waals surface area (Å²) in [4.78, 5) is 35.3. The lowest BCUT2D eigenvalue weighted by Gasteiger charge is -2.34. The molecule has 3 aliphatic rings. The van der Waals surface area contributed by atoms with Gasteiger partial charge in [-0.25, -0.2) is 4.98 Å². The summed E-state index contributed by atoms with van der Waals surface area (Å²) in [5, 5.41) is 6.87. The molecule has 0 aromatic carbocycles. The number of pyridine rings is 3. The molecule has 1 amide bonds. The molecule has 1 unspecified atom stereocenters. The SMILES string of the molecule is O=C1COc2ccc(NC3CCN(CC4Cn5c(=O)ccc6ncc(Cl)c4c65)CC3)nc2N1. The number of anilines is 2. The number of carbonyl (C=O) groups is 1. The molecule has 6 rings (SSSR count). The van der Waals surface area contributed by atoms with Crippen LogP contribution in [0.2, 0.25) is 5.02 Å². The lowest BCUT2D eigenvalue weighted by atomic mass is 9.98. The highest BCUT2D eigenvalue weighted by Gasteiger charge is 2.31. The zero-order chi connectivity index (χ0) is 22.5.